The van der Waals surface area contributed by atoms with E-state index in [2.05, 4.69) is 0 Å². The number of benzene rings is 1. The quantitative estimate of drug-likeness (QED) is 0.789. The maximum Gasteiger partial charge on any atom is 0.222 e. The van der Waals surface area contributed by atoms with Crippen LogP contribution >= 0.6 is 0 Å². The summed E-state index contributed by atoms with van der Waals surface area (Å²) < 4.78 is 0. The van der Waals surface area contributed by atoms with Crippen LogP contribution < -0.4 is 5.73 Å². The van der Waals surface area contributed by atoms with Gasteiger partial charge >= 0.3 is 0 Å². The summed E-state index contributed by atoms with van der Waals surface area (Å²) in [6, 6.07) is 7.68. The number of nitrogens with zero attached hydrogens (tertiary/aromatic N) is 1. The van der Waals surface area contributed by atoms with E-state index in [-0.39, 0.29) is 12.5 Å². The normalized spacial score (nSPS) is 18.8. The summed E-state index contributed by atoms with van der Waals surface area (Å²) in [4.78, 5) is 14.0. The van der Waals surface area contributed by atoms with E-state index < -0.39 is 0 Å². The van der Waals surface area contributed by atoms with E-state index in [1.807, 2.05) is 29.2 Å². The molecule has 0 radical (unpaired) electrons. The Labute approximate surface area is 114 Å². The van der Waals surface area contributed by atoms with Crippen LogP contribution in [-0.4, -0.2) is 35.6 Å². The van der Waals surface area contributed by atoms with Crippen LogP contribution in [-0.2, 0) is 11.2 Å². The van der Waals surface area contributed by atoms with Gasteiger partial charge in [-0.25, -0.2) is 0 Å². The monoisotopic (exact) mass is 262 g/mol. The van der Waals surface area contributed by atoms with Gasteiger partial charge in [-0.05, 0) is 42.9 Å². The van der Waals surface area contributed by atoms with Crippen molar-refractivity contribution in [1.82, 2.24) is 4.90 Å². The predicted molar refractivity (Wildman–Crippen MR) is 75.6 cm³/mol. The third-order valence-corrected chi connectivity index (χ3v) is 3.78. The molecule has 1 unspecified atom stereocenters. The Morgan fingerprint density at radius 3 is 2.79 bits per heavy atom. The number of amides is 1. The van der Waals surface area contributed by atoms with E-state index >= 15 is 0 Å². The van der Waals surface area contributed by atoms with E-state index in [9.17, 15) is 4.79 Å². The second-order valence-corrected chi connectivity index (χ2v) is 5.25. The lowest BCUT2D eigenvalue weighted by Crippen LogP contribution is -2.28. The van der Waals surface area contributed by atoms with E-state index in [1.54, 1.807) is 0 Å². The number of aryl methyl sites for hydroxylation is 1. The van der Waals surface area contributed by atoms with Crippen LogP contribution in [0.2, 0.25) is 0 Å². The van der Waals surface area contributed by atoms with Gasteiger partial charge in [0.25, 0.3) is 0 Å². The number of rotatable bonds is 5. The number of nitrogen functional groups attached to an aromatic ring is 1. The highest BCUT2D eigenvalue weighted by Gasteiger charge is 2.25. The SMILES string of the molecule is Nc1ccc(CCC(=O)N2CCC(CCO)C2)cc1. The second-order valence-electron chi connectivity index (χ2n) is 5.25. The lowest BCUT2D eigenvalue weighted by atomic mass is 10.1. The molecule has 1 heterocycles. The number of nitrogens with two attached hydrogens (primary N) is 1. The number of carbonyl (C=O) groups is 1. The first kappa shape index (κ1) is 13.9. The minimum atomic E-state index is 0.220. The molecule has 1 aliphatic heterocycles. The summed E-state index contributed by atoms with van der Waals surface area (Å²) in [5.74, 6) is 0.697. The average molecular weight is 262 g/mol. The van der Waals surface area contributed by atoms with Gasteiger partial charge in [-0.1, -0.05) is 12.1 Å². The molecule has 1 amide bonds. The van der Waals surface area contributed by atoms with Gasteiger partial charge in [0.2, 0.25) is 5.91 Å². The van der Waals surface area contributed by atoms with E-state index in [1.165, 1.54) is 0 Å². The average Bonchev–Trinajstić information content (AvgIpc) is 2.87. The van der Waals surface area contributed by atoms with E-state index in [0.29, 0.717) is 12.3 Å². The summed E-state index contributed by atoms with van der Waals surface area (Å²) in [6.07, 6.45) is 3.14. The zero-order valence-electron chi connectivity index (χ0n) is 11.2. The molecule has 1 atom stereocenters. The molecular formula is C15H22N2O2. The lowest BCUT2D eigenvalue weighted by molar-refractivity contribution is -0.130. The maximum atomic E-state index is 12.1. The van der Waals surface area contributed by atoms with Crippen molar-refractivity contribution in [3.05, 3.63) is 29.8 Å². The molecule has 4 heteroatoms. The molecule has 1 saturated heterocycles. The summed E-state index contributed by atoms with van der Waals surface area (Å²) in [7, 11) is 0. The second kappa shape index (κ2) is 6.57. The fourth-order valence-electron chi connectivity index (χ4n) is 2.57. The number of anilines is 1. The molecule has 3 N–H and O–H groups in total. The first-order valence-corrected chi connectivity index (χ1v) is 6.92. The third-order valence-electron chi connectivity index (χ3n) is 3.78. The molecule has 1 aliphatic rings. The Bertz CT molecular complexity index is 417. The molecule has 2 rings (SSSR count). The van der Waals surface area contributed by atoms with Crippen molar-refractivity contribution in [1.29, 1.82) is 0 Å². The van der Waals surface area contributed by atoms with Gasteiger partial charge in [0.15, 0.2) is 0 Å². The van der Waals surface area contributed by atoms with Gasteiger partial charge in [-0.2, -0.15) is 0 Å². The number of hydrogen-bond donors (Lipinski definition) is 2. The molecule has 4 nitrogen and oxygen atoms in total. The van der Waals surface area contributed by atoms with Gasteiger partial charge in [0.05, 0.1) is 0 Å². The van der Waals surface area contributed by atoms with E-state index in [4.69, 9.17) is 10.8 Å². The van der Waals surface area contributed by atoms with Crippen molar-refractivity contribution in [3.8, 4) is 0 Å². The Kier molecular flexibility index (Phi) is 4.80. The van der Waals surface area contributed by atoms with Crippen molar-refractivity contribution in [2.24, 2.45) is 5.92 Å². The molecule has 0 saturated carbocycles. The molecule has 1 aromatic carbocycles. The summed E-state index contributed by atoms with van der Waals surface area (Å²) >= 11 is 0. The van der Waals surface area contributed by atoms with Crippen LogP contribution in [0.25, 0.3) is 0 Å². The van der Waals surface area contributed by atoms with Crippen molar-refractivity contribution in [2.45, 2.75) is 25.7 Å². The van der Waals surface area contributed by atoms with Crippen molar-refractivity contribution in [3.63, 3.8) is 0 Å². The number of aliphatic hydroxyl groups is 1. The largest absolute Gasteiger partial charge is 0.399 e. The summed E-state index contributed by atoms with van der Waals surface area (Å²) in [5, 5.41) is 8.91. The summed E-state index contributed by atoms with van der Waals surface area (Å²) in [6.45, 7) is 1.87. The number of carbonyl (C=O) groups excluding carboxylic acids is 1. The Balaban J connectivity index is 1.77. The molecule has 104 valence electrons. The zero-order chi connectivity index (χ0) is 13.7. The minimum absolute atomic E-state index is 0.220. The zero-order valence-corrected chi connectivity index (χ0v) is 11.2. The topological polar surface area (TPSA) is 66.6 Å². The third kappa shape index (κ3) is 3.96. The fourth-order valence-corrected chi connectivity index (χ4v) is 2.57. The molecule has 0 bridgehead atoms. The minimum Gasteiger partial charge on any atom is -0.399 e. The van der Waals surface area contributed by atoms with Crippen LogP contribution in [0, 0.1) is 5.92 Å². The van der Waals surface area contributed by atoms with Gasteiger partial charge in [0.1, 0.15) is 0 Å². The highest BCUT2D eigenvalue weighted by atomic mass is 16.3. The molecule has 0 aromatic heterocycles. The number of hydrogen-bond acceptors (Lipinski definition) is 3. The van der Waals surface area contributed by atoms with Crippen molar-refractivity contribution >= 4 is 11.6 Å². The van der Waals surface area contributed by atoms with Gasteiger partial charge in [0, 0.05) is 31.8 Å². The molecular weight excluding hydrogens is 240 g/mol. The smallest absolute Gasteiger partial charge is 0.222 e. The van der Waals surface area contributed by atoms with Crippen molar-refractivity contribution in [2.75, 3.05) is 25.4 Å². The standard InChI is InChI=1S/C15H22N2O2/c16-14-4-1-12(2-5-14)3-6-15(19)17-9-7-13(11-17)8-10-18/h1-2,4-5,13,18H,3,6-11,16H2. The highest BCUT2D eigenvalue weighted by Crippen LogP contribution is 2.20. The molecule has 19 heavy (non-hydrogen) atoms. The molecule has 1 fully saturated rings. The van der Waals surface area contributed by atoms with Crippen LogP contribution in [0.15, 0.2) is 24.3 Å². The highest BCUT2D eigenvalue weighted by molar-refractivity contribution is 5.76. The first-order valence-electron chi connectivity index (χ1n) is 6.92. The number of likely N-dealkylation sites (tertiary alicyclic amines) is 1. The Morgan fingerprint density at radius 2 is 2.11 bits per heavy atom. The summed E-state index contributed by atoms with van der Waals surface area (Å²) in [5.41, 5.74) is 7.53. The Morgan fingerprint density at radius 1 is 1.37 bits per heavy atom. The molecule has 1 aromatic rings. The van der Waals surface area contributed by atoms with Crippen LogP contribution in [0.1, 0.15) is 24.8 Å². The number of aliphatic hydroxyl groups excluding tert-OH is 1. The van der Waals surface area contributed by atoms with Crippen LogP contribution in [0.4, 0.5) is 5.69 Å². The van der Waals surface area contributed by atoms with Gasteiger partial charge in [-0.15, -0.1) is 0 Å². The Hall–Kier alpha value is -1.55. The van der Waals surface area contributed by atoms with E-state index in [0.717, 1.165) is 43.6 Å². The predicted octanol–water partition coefficient (Wildman–Crippen LogP) is 1.43. The molecule has 0 aliphatic carbocycles. The van der Waals surface area contributed by atoms with Crippen LogP contribution in [0.5, 0.6) is 0 Å². The maximum absolute atomic E-state index is 12.1. The van der Waals surface area contributed by atoms with Gasteiger partial charge in [-0.3, -0.25) is 4.79 Å². The lowest BCUT2D eigenvalue weighted by Gasteiger charge is -2.16. The van der Waals surface area contributed by atoms with Crippen molar-refractivity contribution < 1.29 is 9.90 Å². The first-order chi connectivity index (χ1) is 9.19. The van der Waals surface area contributed by atoms with Gasteiger partial charge < -0.3 is 15.7 Å². The fraction of sp³-hybridized carbons (Fsp3) is 0.533. The van der Waals surface area contributed by atoms with Crippen LogP contribution in [0.3, 0.4) is 0 Å². The molecule has 0 spiro atoms.